The third kappa shape index (κ3) is 2.43. The van der Waals surface area contributed by atoms with E-state index in [4.69, 9.17) is 25.7 Å². The van der Waals surface area contributed by atoms with Gasteiger partial charge in [0.2, 0.25) is 5.72 Å². The maximum atomic E-state index is 6.23. The summed E-state index contributed by atoms with van der Waals surface area (Å²) in [6.45, 7) is 0. The number of methoxy groups -OCH3 is 3. The topological polar surface area (TPSA) is 79.7 Å². The van der Waals surface area contributed by atoms with E-state index in [1.165, 1.54) is 7.11 Å². The van der Waals surface area contributed by atoms with Crippen LogP contribution in [0.5, 0.6) is 0 Å². The molecular weight excluding hydrogens is 256 g/mol. The number of nitrogens with two attached hydrogens (primary N) is 2. The van der Waals surface area contributed by atoms with E-state index < -0.39 is 11.8 Å². The van der Waals surface area contributed by atoms with Crippen LogP contribution in [-0.2, 0) is 14.2 Å². The van der Waals surface area contributed by atoms with Gasteiger partial charge in [-0.25, -0.2) is 0 Å². The summed E-state index contributed by atoms with van der Waals surface area (Å²) in [7, 11) is 4.67. The Bertz CT molecular complexity index is 537. The second-order valence-electron chi connectivity index (χ2n) is 4.61. The molecule has 0 saturated carbocycles. The average molecular weight is 276 g/mol. The van der Waals surface area contributed by atoms with Crippen LogP contribution < -0.4 is 11.5 Å². The molecule has 1 aromatic rings. The van der Waals surface area contributed by atoms with Crippen molar-refractivity contribution in [3.05, 3.63) is 47.7 Å². The lowest BCUT2D eigenvalue weighted by Crippen LogP contribution is -2.55. The Kier molecular flexibility index (Phi) is 4.13. The number of ether oxygens (including phenoxy) is 3. The number of rotatable bonds is 4. The number of anilines is 1. The molecule has 0 aromatic heterocycles. The number of nitrogen functional groups attached to an aromatic ring is 1. The van der Waals surface area contributed by atoms with Crippen molar-refractivity contribution in [1.82, 2.24) is 0 Å². The van der Waals surface area contributed by atoms with Gasteiger partial charge in [0.25, 0.3) is 0 Å². The fraction of sp³-hybridized carbons (Fsp3) is 0.333. The second kappa shape index (κ2) is 5.66. The molecule has 2 rings (SSSR count). The van der Waals surface area contributed by atoms with E-state index in [1.54, 1.807) is 14.2 Å². The van der Waals surface area contributed by atoms with Gasteiger partial charge in [-0.3, -0.25) is 5.73 Å². The zero-order chi connectivity index (χ0) is 14.8. The third-order valence-corrected chi connectivity index (χ3v) is 3.48. The lowest BCUT2D eigenvalue weighted by atomic mass is 9.91. The third-order valence-electron chi connectivity index (χ3n) is 3.48. The van der Waals surface area contributed by atoms with Crippen molar-refractivity contribution >= 4 is 11.3 Å². The molecule has 0 saturated heterocycles. The highest BCUT2D eigenvalue weighted by atomic mass is 16.6. The molecule has 0 bridgehead atoms. The summed E-state index contributed by atoms with van der Waals surface area (Å²) in [5.74, 6) is 0.515. The molecule has 5 nitrogen and oxygen atoms in total. The first-order valence-electron chi connectivity index (χ1n) is 6.26. The Balaban J connectivity index is 2.45. The van der Waals surface area contributed by atoms with Gasteiger partial charge < -0.3 is 19.9 Å². The molecule has 2 atom stereocenters. The molecule has 108 valence electrons. The maximum absolute atomic E-state index is 6.23. The van der Waals surface area contributed by atoms with Crippen LogP contribution in [0.4, 0.5) is 5.69 Å². The van der Waals surface area contributed by atoms with Crippen molar-refractivity contribution in [2.24, 2.45) is 5.73 Å². The van der Waals surface area contributed by atoms with Crippen molar-refractivity contribution in [2.75, 3.05) is 27.1 Å². The summed E-state index contributed by atoms with van der Waals surface area (Å²) in [6, 6.07) is 7.57. The molecule has 0 heterocycles. The monoisotopic (exact) mass is 276 g/mol. The molecule has 0 aliphatic heterocycles. The van der Waals surface area contributed by atoms with Gasteiger partial charge in [0, 0.05) is 19.9 Å². The van der Waals surface area contributed by atoms with Crippen molar-refractivity contribution in [2.45, 2.75) is 11.8 Å². The molecule has 1 aromatic carbocycles. The molecule has 0 spiro atoms. The van der Waals surface area contributed by atoms with Crippen LogP contribution in [0.3, 0.4) is 0 Å². The minimum Gasteiger partial charge on any atom is -0.496 e. The Labute approximate surface area is 118 Å². The van der Waals surface area contributed by atoms with Crippen molar-refractivity contribution < 1.29 is 14.2 Å². The summed E-state index contributed by atoms with van der Waals surface area (Å²) < 4.78 is 16.2. The maximum Gasteiger partial charge on any atom is 0.204 e. The van der Waals surface area contributed by atoms with E-state index in [0.717, 1.165) is 16.8 Å². The molecule has 0 radical (unpaired) electrons. The van der Waals surface area contributed by atoms with Crippen LogP contribution in [-0.4, -0.2) is 33.2 Å². The lowest BCUT2D eigenvalue weighted by Gasteiger charge is -2.37. The van der Waals surface area contributed by atoms with Gasteiger partial charge in [0.05, 0.1) is 7.11 Å². The highest BCUT2D eigenvalue weighted by Gasteiger charge is 2.42. The summed E-state index contributed by atoms with van der Waals surface area (Å²) in [6.07, 6.45) is 3.32. The SMILES string of the molecule is COC1=CC(c2ccc(N)cc2)=CC(OC)C1(N)OC. The van der Waals surface area contributed by atoms with E-state index in [1.807, 2.05) is 36.4 Å². The molecular formula is C15H20N2O3. The molecule has 1 aliphatic rings. The molecule has 5 heteroatoms. The van der Waals surface area contributed by atoms with Gasteiger partial charge in [-0.15, -0.1) is 0 Å². The zero-order valence-electron chi connectivity index (χ0n) is 11.9. The minimum atomic E-state index is -1.12. The van der Waals surface area contributed by atoms with Crippen molar-refractivity contribution in [3.63, 3.8) is 0 Å². The molecule has 0 amide bonds. The predicted molar refractivity (Wildman–Crippen MR) is 78.6 cm³/mol. The number of benzene rings is 1. The van der Waals surface area contributed by atoms with Gasteiger partial charge in [0.1, 0.15) is 11.9 Å². The highest BCUT2D eigenvalue weighted by molar-refractivity contribution is 5.77. The van der Waals surface area contributed by atoms with Crippen LogP contribution in [0.15, 0.2) is 42.2 Å². The molecule has 20 heavy (non-hydrogen) atoms. The summed E-state index contributed by atoms with van der Waals surface area (Å²) in [5.41, 5.74) is 13.5. The Morgan fingerprint density at radius 2 is 1.75 bits per heavy atom. The summed E-state index contributed by atoms with van der Waals surface area (Å²) in [4.78, 5) is 0. The van der Waals surface area contributed by atoms with Crippen LogP contribution in [0.1, 0.15) is 5.56 Å². The van der Waals surface area contributed by atoms with Crippen LogP contribution in [0, 0.1) is 0 Å². The summed E-state index contributed by atoms with van der Waals surface area (Å²) >= 11 is 0. The van der Waals surface area contributed by atoms with E-state index in [2.05, 4.69) is 0 Å². The van der Waals surface area contributed by atoms with Crippen molar-refractivity contribution in [1.29, 1.82) is 0 Å². The minimum absolute atomic E-state index is 0.444. The zero-order valence-corrected chi connectivity index (χ0v) is 11.9. The molecule has 0 fully saturated rings. The van der Waals surface area contributed by atoms with Crippen molar-refractivity contribution in [3.8, 4) is 0 Å². The van der Waals surface area contributed by atoms with Crippen LogP contribution in [0.25, 0.3) is 5.57 Å². The van der Waals surface area contributed by atoms with Gasteiger partial charge in [-0.2, -0.15) is 0 Å². The highest BCUT2D eigenvalue weighted by Crippen LogP contribution is 2.33. The van der Waals surface area contributed by atoms with Crippen LogP contribution >= 0.6 is 0 Å². The lowest BCUT2D eigenvalue weighted by molar-refractivity contribution is -0.0953. The van der Waals surface area contributed by atoms with Crippen LogP contribution in [0.2, 0.25) is 0 Å². The van der Waals surface area contributed by atoms with Gasteiger partial charge in [0.15, 0.2) is 0 Å². The van der Waals surface area contributed by atoms with E-state index in [0.29, 0.717) is 5.76 Å². The van der Waals surface area contributed by atoms with Gasteiger partial charge in [-0.1, -0.05) is 12.1 Å². The average Bonchev–Trinajstić information content (AvgIpc) is 2.48. The normalized spacial score (nSPS) is 25.9. The number of allylic oxidation sites excluding steroid dienone is 2. The number of hydrogen-bond acceptors (Lipinski definition) is 5. The Morgan fingerprint density at radius 3 is 2.25 bits per heavy atom. The smallest absolute Gasteiger partial charge is 0.204 e. The quantitative estimate of drug-likeness (QED) is 0.643. The van der Waals surface area contributed by atoms with E-state index in [-0.39, 0.29) is 0 Å². The Morgan fingerprint density at radius 1 is 1.10 bits per heavy atom. The summed E-state index contributed by atoms with van der Waals surface area (Å²) in [5, 5.41) is 0. The second-order valence-corrected chi connectivity index (χ2v) is 4.61. The largest absolute Gasteiger partial charge is 0.496 e. The first-order valence-corrected chi connectivity index (χ1v) is 6.26. The fourth-order valence-electron chi connectivity index (χ4n) is 2.26. The fourth-order valence-corrected chi connectivity index (χ4v) is 2.26. The molecule has 2 unspecified atom stereocenters. The first-order chi connectivity index (χ1) is 9.55. The molecule has 4 N–H and O–H groups in total. The van der Waals surface area contributed by atoms with E-state index in [9.17, 15) is 0 Å². The number of hydrogen-bond donors (Lipinski definition) is 2. The Hall–Kier alpha value is -1.82. The first kappa shape index (κ1) is 14.6. The standard InChI is InChI=1S/C15H20N2O3/c1-18-13-8-11(10-4-6-12(16)7-5-10)9-14(19-2)15(13,17)20-3/h4-9,13H,16-17H2,1-3H3. The van der Waals surface area contributed by atoms with E-state index >= 15 is 0 Å². The molecule has 1 aliphatic carbocycles. The van der Waals surface area contributed by atoms with Gasteiger partial charge >= 0.3 is 0 Å². The predicted octanol–water partition coefficient (Wildman–Crippen LogP) is 1.51. The van der Waals surface area contributed by atoms with Gasteiger partial charge in [-0.05, 0) is 35.4 Å².